The molecule has 0 unspecified atom stereocenters. The Hall–Kier alpha value is -3.82. The number of benzene rings is 2. The number of fused-ring (bicyclic) bond motifs is 1. The van der Waals surface area contributed by atoms with Crippen molar-refractivity contribution in [1.29, 1.82) is 5.26 Å². The van der Waals surface area contributed by atoms with Gasteiger partial charge in [-0.3, -0.25) is 9.69 Å². The van der Waals surface area contributed by atoms with E-state index in [1.54, 1.807) is 18.4 Å². The maximum atomic E-state index is 13.3. The zero-order valence-electron chi connectivity index (χ0n) is 17.1. The van der Waals surface area contributed by atoms with Crippen LogP contribution >= 0.6 is 0 Å². The minimum atomic E-state index is -0.0196. The Morgan fingerprint density at radius 2 is 1.87 bits per heavy atom. The van der Waals surface area contributed by atoms with E-state index in [0.29, 0.717) is 31.6 Å². The Labute approximate surface area is 180 Å². The Morgan fingerprint density at radius 1 is 1.06 bits per heavy atom. The summed E-state index contributed by atoms with van der Waals surface area (Å²) < 4.78 is 7.45. The Morgan fingerprint density at radius 3 is 2.65 bits per heavy atom. The van der Waals surface area contributed by atoms with Crippen LogP contribution in [0.1, 0.15) is 28.1 Å². The summed E-state index contributed by atoms with van der Waals surface area (Å²) in [4.78, 5) is 15.3. The van der Waals surface area contributed by atoms with Gasteiger partial charge in [0, 0.05) is 41.3 Å². The highest BCUT2D eigenvalue weighted by molar-refractivity contribution is 6.09. The van der Waals surface area contributed by atoms with E-state index in [1.807, 2.05) is 64.2 Å². The molecule has 6 nitrogen and oxygen atoms in total. The van der Waals surface area contributed by atoms with E-state index in [1.165, 1.54) is 0 Å². The normalized spacial score (nSPS) is 11.1. The summed E-state index contributed by atoms with van der Waals surface area (Å²) >= 11 is 0. The second-order valence-corrected chi connectivity index (χ2v) is 7.44. The van der Waals surface area contributed by atoms with E-state index in [0.717, 1.165) is 22.2 Å². The molecule has 0 aliphatic rings. The average Bonchev–Trinajstić information content (AvgIpc) is 3.42. The highest BCUT2D eigenvalue weighted by Gasteiger charge is 2.20. The number of ketones is 1. The van der Waals surface area contributed by atoms with E-state index in [2.05, 4.69) is 6.07 Å². The van der Waals surface area contributed by atoms with Gasteiger partial charge in [0.2, 0.25) is 0 Å². The number of phenolic OH excluding ortho intramolecular Hbond substituents is 1. The number of furan rings is 1. The van der Waals surface area contributed by atoms with Gasteiger partial charge in [-0.2, -0.15) is 5.26 Å². The Kier molecular flexibility index (Phi) is 6.16. The molecule has 0 atom stereocenters. The summed E-state index contributed by atoms with van der Waals surface area (Å²) in [6.07, 6.45) is 3.83. The van der Waals surface area contributed by atoms with Crippen LogP contribution in [-0.4, -0.2) is 26.9 Å². The summed E-state index contributed by atoms with van der Waals surface area (Å²) in [6.45, 7) is 1.56. The molecule has 0 amide bonds. The van der Waals surface area contributed by atoms with Crippen LogP contribution < -0.4 is 0 Å². The van der Waals surface area contributed by atoms with Crippen LogP contribution in [0.25, 0.3) is 10.9 Å². The minimum absolute atomic E-state index is 0.0196. The van der Waals surface area contributed by atoms with Crippen molar-refractivity contribution in [2.75, 3.05) is 6.54 Å². The number of nitriles is 1. The molecule has 6 heteroatoms. The second kappa shape index (κ2) is 9.33. The quantitative estimate of drug-likeness (QED) is 0.401. The lowest BCUT2D eigenvalue weighted by Crippen LogP contribution is -2.29. The van der Waals surface area contributed by atoms with Gasteiger partial charge in [0.1, 0.15) is 11.5 Å². The molecule has 1 N–H and O–H groups in total. The molecule has 4 rings (SSSR count). The lowest BCUT2D eigenvalue weighted by molar-refractivity contribution is 0.0915. The SMILES string of the molecule is N#CCCn1cc(C(=O)CN(Cc2ccco2)Cc2ccccc2O)c2ccccc21. The first kappa shape index (κ1) is 20.5. The number of rotatable bonds is 9. The summed E-state index contributed by atoms with van der Waals surface area (Å²) in [6, 6.07) is 20.7. The van der Waals surface area contributed by atoms with Crippen LogP contribution in [0.4, 0.5) is 0 Å². The maximum Gasteiger partial charge on any atom is 0.178 e. The van der Waals surface area contributed by atoms with Crippen molar-refractivity contribution in [3.63, 3.8) is 0 Å². The fourth-order valence-electron chi connectivity index (χ4n) is 3.79. The molecular formula is C25H23N3O3. The number of carbonyl (C=O) groups excluding carboxylic acids is 1. The van der Waals surface area contributed by atoms with Gasteiger partial charge in [0.15, 0.2) is 5.78 Å². The van der Waals surface area contributed by atoms with E-state index in [4.69, 9.17) is 9.68 Å². The molecule has 0 radical (unpaired) electrons. The molecule has 0 aliphatic heterocycles. The van der Waals surface area contributed by atoms with Crippen molar-refractivity contribution in [2.45, 2.75) is 26.1 Å². The molecule has 0 aliphatic carbocycles. The van der Waals surface area contributed by atoms with Crippen LogP contribution in [0, 0.1) is 11.3 Å². The number of Topliss-reactive ketones (excluding diaryl/α,β-unsaturated/α-hetero) is 1. The zero-order chi connectivity index (χ0) is 21.6. The highest BCUT2D eigenvalue weighted by Crippen LogP contribution is 2.24. The Bertz CT molecular complexity index is 1220. The number of phenols is 1. The number of hydrogen-bond acceptors (Lipinski definition) is 5. The molecule has 0 fully saturated rings. The van der Waals surface area contributed by atoms with Gasteiger partial charge in [-0.05, 0) is 24.3 Å². The number of hydrogen-bond donors (Lipinski definition) is 1. The number of aryl methyl sites for hydroxylation is 1. The Balaban J connectivity index is 1.61. The first-order chi connectivity index (χ1) is 15.2. The molecule has 0 saturated carbocycles. The zero-order valence-corrected chi connectivity index (χ0v) is 17.1. The molecule has 2 aromatic carbocycles. The van der Waals surface area contributed by atoms with Crippen LogP contribution in [0.3, 0.4) is 0 Å². The van der Waals surface area contributed by atoms with Crippen molar-refractivity contribution < 1.29 is 14.3 Å². The standard InChI is InChI=1S/C25H23N3O3/c26-12-6-13-28-17-22(21-9-2-3-10-23(21)28)25(30)18-27(16-20-8-5-14-31-20)15-19-7-1-4-11-24(19)29/h1-5,7-11,14,17,29H,6,13,15-16,18H2. The summed E-state index contributed by atoms with van der Waals surface area (Å²) in [7, 11) is 0. The van der Waals surface area contributed by atoms with Gasteiger partial charge >= 0.3 is 0 Å². The number of para-hydroxylation sites is 2. The van der Waals surface area contributed by atoms with Crippen LogP contribution in [0.15, 0.2) is 77.5 Å². The van der Waals surface area contributed by atoms with E-state index < -0.39 is 0 Å². The number of nitrogens with zero attached hydrogens (tertiary/aromatic N) is 3. The molecule has 31 heavy (non-hydrogen) atoms. The third kappa shape index (κ3) is 4.68. The first-order valence-electron chi connectivity index (χ1n) is 10.2. The topological polar surface area (TPSA) is 82.4 Å². The monoisotopic (exact) mass is 413 g/mol. The molecule has 4 aromatic rings. The van der Waals surface area contributed by atoms with Gasteiger partial charge in [-0.1, -0.05) is 36.4 Å². The molecule has 156 valence electrons. The molecule has 0 bridgehead atoms. The first-order valence-corrected chi connectivity index (χ1v) is 10.2. The van der Waals surface area contributed by atoms with Gasteiger partial charge in [0.25, 0.3) is 0 Å². The minimum Gasteiger partial charge on any atom is -0.508 e. The number of carbonyl (C=O) groups is 1. The van der Waals surface area contributed by atoms with Gasteiger partial charge in [-0.15, -0.1) is 0 Å². The second-order valence-electron chi connectivity index (χ2n) is 7.44. The number of aromatic hydroxyl groups is 1. The van der Waals surface area contributed by atoms with Crippen LogP contribution in [-0.2, 0) is 19.6 Å². The summed E-state index contributed by atoms with van der Waals surface area (Å²) in [5.41, 5.74) is 2.33. The predicted octanol–water partition coefficient (Wildman–Crippen LogP) is 4.74. The fraction of sp³-hybridized carbons (Fsp3) is 0.200. The van der Waals surface area contributed by atoms with Crippen LogP contribution in [0.2, 0.25) is 0 Å². The van der Waals surface area contributed by atoms with Gasteiger partial charge in [0.05, 0.1) is 31.8 Å². The van der Waals surface area contributed by atoms with E-state index in [9.17, 15) is 9.90 Å². The van der Waals surface area contributed by atoms with Gasteiger partial charge < -0.3 is 14.1 Å². The molecule has 2 aromatic heterocycles. The lowest BCUT2D eigenvalue weighted by Gasteiger charge is -2.21. The molecular weight excluding hydrogens is 390 g/mol. The fourth-order valence-corrected chi connectivity index (χ4v) is 3.79. The van der Waals surface area contributed by atoms with Gasteiger partial charge in [-0.25, -0.2) is 0 Å². The maximum absolute atomic E-state index is 13.3. The molecule has 2 heterocycles. The molecule has 0 spiro atoms. The highest BCUT2D eigenvalue weighted by atomic mass is 16.3. The van der Waals surface area contributed by atoms with Crippen LogP contribution in [0.5, 0.6) is 5.75 Å². The van der Waals surface area contributed by atoms with Crippen molar-refractivity contribution in [2.24, 2.45) is 0 Å². The third-order valence-corrected chi connectivity index (χ3v) is 5.27. The van der Waals surface area contributed by atoms with Crippen molar-refractivity contribution in [3.05, 3.63) is 90.0 Å². The summed E-state index contributed by atoms with van der Waals surface area (Å²) in [5, 5.41) is 20.0. The smallest absolute Gasteiger partial charge is 0.178 e. The summed E-state index contributed by atoms with van der Waals surface area (Å²) in [5.74, 6) is 0.932. The lowest BCUT2D eigenvalue weighted by atomic mass is 10.1. The largest absolute Gasteiger partial charge is 0.508 e. The predicted molar refractivity (Wildman–Crippen MR) is 117 cm³/mol. The van der Waals surface area contributed by atoms with E-state index in [-0.39, 0.29) is 18.1 Å². The average molecular weight is 413 g/mol. The van der Waals surface area contributed by atoms with Crippen molar-refractivity contribution in [3.8, 4) is 11.8 Å². The van der Waals surface area contributed by atoms with Crippen molar-refractivity contribution in [1.82, 2.24) is 9.47 Å². The third-order valence-electron chi connectivity index (χ3n) is 5.27. The van der Waals surface area contributed by atoms with E-state index >= 15 is 0 Å². The molecule has 0 saturated heterocycles. The number of aromatic nitrogens is 1. The van der Waals surface area contributed by atoms with Crippen molar-refractivity contribution >= 4 is 16.7 Å².